The first-order valence-corrected chi connectivity index (χ1v) is 6.41. The summed E-state index contributed by atoms with van der Waals surface area (Å²) in [5.41, 5.74) is 0.343. The normalized spacial score (nSPS) is 19.4. The maximum Gasteiger partial charge on any atom is 0.336 e. The van der Waals surface area contributed by atoms with Crippen molar-refractivity contribution in [3.05, 3.63) is 35.4 Å². The highest BCUT2D eigenvalue weighted by atomic mass is 32.2. The molecule has 4 nitrogen and oxygen atoms in total. The summed E-state index contributed by atoms with van der Waals surface area (Å²) in [5, 5.41) is 9.16. The molecule has 1 unspecified atom stereocenters. The van der Waals surface area contributed by atoms with Crippen molar-refractivity contribution in [2.45, 2.75) is 12.3 Å². The molecule has 1 amide bonds. The van der Waals surface area contributed by atoms with Gasteiger partial charge in [-0.2, -0.15) is 0 Å². The monoisotopic (exact) mass is 251 g/mol. The zero-order valence-electron chi connectivity index (χ0n) is 9.42. The van der Waals surface area contributed by atoms with E-state index in [1.54, 1.807) is 34.9 Å². The van der Waals surface area contributed by atoms with Gasteiger partial charge in [-0.05, 0) is 19.1 Å². The van der Waals surface area contributed by atoms with Crippen molar-refractivity contribution in [3.8, 4) is 0 Å². The lowest BCUT2D eigenvalue weighted by Crippen LogP contribution is -2.34. The molecule has 0 aromatic heterocycles. The minimum atomic E-state index is -1.06. The average Bonchev–Trinajstić information content (AvgIpc) is 2.74. The largest absolute Gasteiger partial charge is 0.478 e. The highest BCUT2D eigenvalue weighted by molar-refractivity contribution is 8.00. The van der Waals surface area contributed by atoms with Crippen LogP contribution in [0.15, 0.2) is 24.3 Å². The molecular weight excluding hydrogens is 238 g/mol. The third-order valence-corrected chi connectivity index (χ3v) is 3.93. The van der Waals surface area contributed by atoms with Crippen molar-refractivity contribution < 1.29 is 14.7 Å². The van der Waals surface area contributed by atoms with E-state index >= 15 is 0 Å². The van der Waals surface area contributed by atoms with E-state index in [1.165, 1.54) is 6.07 Å². The minimum Gasteiger partial charge on any atom is -0.478 e. The number of carboxylic acids is 1. The summed E-state index contributed by atoms with van der Waals surface area (Å²) in [4.78, 5) is 25.0. The van der Waals surface area contributed by atoms with Gasteiger partial charge in [0.2, 0.25) is 0 Å². The summed E-state index contributed by atoms with van der Waals surface area (Å²) >= 11 is 1.70. The molecule has 17 heavy (non-hydrogen) atoms. The first-order chi connectivity index (χ1) is 8.11. The van der Waals surface area contributed by atoms with E-state index in [-0.39, 0.29) is 22.4 Å². The van der Waals surface area contributed by atoms with Gasteiger partial charge in [0.05, 0.1) is 16.5 Å². The van der Waals surface area contributed by atoms with E-state index in [0.29, 0.717) is 6.54 Å². The van der Waals surface area contributed by atoms with Crippen molar-refractivity contribution in [2.75, 3.05) is 12.3 Å². The lowest BCUT2D eigenvalue weighted by molar-refractivity contribution is 0.0677. The number of amides is 1. The van der Waals surface area contributed by atoms with E-state index in [2.05, 4.69) is 0 Å². The number of benzene rings is 1. The number of carbonyl (C=O) groups is 2. The Kier molecular flexibility index (Phi) is 3.38. The second kappa shape index (κ2) is 4.79. The average molecular weight is 251 g/mol. The van der Waals surface area contributed by atoms with Gasteiger partial charge >= 0.3 is 5.97 Å². The van der Waals surface area contributed by atoms with Crippen LogP contribution in [0.4, 0.5) is 0 Å². The SMILES string of the molecule is CC1SCCN1C(=O)c1ccccc1C(=O)O. The maximum atomic E-state index is 12.2. The number of rotatable bonds is 2. The van der Waals surface area contributed by atoms with E-state index in [1.807, 2.05) is 6.92 Å². The quantitative estimate of drug-likeness (QED) is 0.872. The van der Waals surface area contributed by atoms with Crippen LogP contribution in [0.5, 0.6) is 0 Å². The summed E-state index contributed by atoms with van der Waals surface area (Å²) in [6, 6.07) is 6.35. The molecule has 1 aliphatic rings. The summed E-state index contributed by atoms with van der Waals surface area (Å²) in [5.74, 6) is -0.351. The van der Waals surface area contributed by atoms with Crippen molar-refractivity contribution in [3.63, 3.8) is 0 Å². The van der Waals surface area contributed by atoms with Gasteiger partial charge in [0.25, 0.3) is 5.91 Å². The molecule has 1 N–H and O–H groups in total. The zero-order chi connectivity index (χ0) is 12.4. The van der Waals surface area contributed by atoms with Crippen LogP contribution in [0.2, 0.25) is 0 Å². The Bertz CT molecular complexity index is 461. The summed E-state index contributed by atoms with van der Waals surface area (Å²) < 4.78 is 0. The smallest absolute Gasteiger partial charge is 0.336 e. The highest BCUT2D eigenvalue weighted by Gasteiger charge is 2.28. The number of carboxylic acid groups (broad SMARTS) is 1. The van der Waals surface area contributed by atoms with Crippen LogP contribution in [0.3, 0.4) is 0 Å². The number of hydrogen-bond donors (Lipinski definition) is 1. The predicted molar refractivity (Wildman–Crippen MR) is 66.4 cm³/mol. The predicted octanol–water partition coefficient (Wildman–Crippen LogP) is 1.92. The van der Waals surface area contributed by atoms with Crippen LogP contribution >= 0.6 is 11.8 Å². The molecule has 90 valence electrons. The lowest BCUT2D eigenvalue weighted by Gasteiger charge is -2.21. The van der Waals surface area contributed by atoms with E-state index in [9.17, 15) is 9.59 Å². The molecule has 1 fully saturated rings. The molecule has 0 bridgehead atoms. The van der Waals surface area contributed by atoms with Gasteiger partial charge in [0.1, 0.15) is 0 Å². The van der Waals surface area contributed by atoms with Gasteiger partial charge in [-0.3, -0.25) is 4.79 Å². The molecule has 1 heterocycles. The molecular formula is C12H13NO3S. The van der Waals surface area contributed by atoms with Crippen LogP contribution < -0.4 is 0 Å². The Morgan fingerprint density at radius 3 is 2.53 bits per heavy atom. The van der Waals surface area contributed by atoms with Crippen molar-refractivity contribution in [1.82, 2.24) is 4.90 Å². The molecule has 5 heteroatoms. The van der Waals surface area contributed by atoms with Crippen LogP contribution in [-0.2, 0) is 0 Å². The Labute approximate surface area is 104 Å². The van der Waals surface area contributed by atoms with Gasteiger partial charge in [0, 0.05) is 12.3 Å². The van der Waals surface area contributed by atoms with Gasteiger partial charge in [0.15, 0.2) is 0 Å². The fourth-order valence-electron chi connectivity index (χ4n) is 1.87. The standard InChI is InChI=1S/C12H13NO3S/c1-8-13(6-7-17-8)11(14)9-4-2-3-5-10(9)12(15)16/h2-5,8H,6-7H2,1H3,(H,15,16). The topological polar surface area (TPSA) is 57.6 Å². The second-order valence-electron chi connectivity index (χ2n) is 3.82. The van der Waals surface area contributed by atoms with Gasteiger partial charge < -0.3 is 10.0 Å². The molecule has 1 aliphatic heterocycles. The van der Waals surface area contributed by atoms with Crippen molar-refractivity contribution in [2.24, 2.45) is 0 Å². The number of carbonyl (C=O) groups excluding carboxylic acids is 1. The molecule has 0 aliphatic carbocycles. The molecule has 0 spiro atoms. The molecule has 0 saturated carbocycles. The molecule has 1 atom stereocenters. The van der Waals surface area contributed by atoms with Gasteiger partial charge in [-0.25, -0.2) is 4.79 Å². The summed E-state index contributed by atoms with van der Waals surface area (Å²) in [6.07, 6.45) is 0. The third kappa shape index (κ3) is 2.29. The second-order valence-corrected chi connectivity index (χ2v) is 5.24. The van der Waals surface area contributed by atoms with E-state index in [4.69, 9.17) is 5.11 Å². The van der Waals surface area contributed by atoms with Gasteiger partial charge in [-0.1, -0.05) is 12.1 Å². The fraction of sp³-hybridized carbons (Fsp3) is 0.333. The summed E-state index contributed by atoms with van der Waals surface area (Å²) in [7, 11) is 0. The van der Waals surface area contributed by atoms with Crippen molar-refractivity contribution >= 4 is 23.6 Å². The number of thioether (sulfide) groups is 1. The van der Waals surface area contributed by atoms with Crippen LogP contribution in [0.25, 0.3) is 0 Å². The van der Waals surface area contributed by atoms with E-state index in [0.717, 1.165) is 5.75 Å². The lowest BCUT2D eigenvalue weighted by atomic mass is 10.1. The minimum absolute atomic E-state index is 0.0709. The molecule has 1 aromatic carbocycles. The zero-order valence-corrected chi connectivity index (χ0v) is 10.2. The highest BCUT2D eigenvalue weighted by Crippen LogP contribution is 2.25. The van der Waals surface area contributed by atoms with Crippen LogP contribution in [-0.4, -0.2) is 39.6 Å². The Morgan fingerprint density at radius 1 is 1.35 bits per heavy atom. The number of nitrogens with zero attached hydrogens (tertiary/aromatic N) is 1. The Balaban J connectivity index is 2.33. The maximum absolute atomic E-state index is 12.2. The molecule has 1 aromatic rings. The number of hydrogen-bond acceptors (Lipinski definition) is 3. The summed E-state index contributed by atoms with van der Waals surface area (Å²) in [6.45, 7) is 2.64. The van der Waals surface area contributed by atoms with Crippen LogP contribution in [0, 0.1) is 0 Å². The first-order valence-electron chi connectivity index (χ1n) is 5.36. The van der Waals surface area contributed by atoms with Crippen molar-refractivity contribution in [1.29, 1.82) is 0 Å². The fourth-order valence-corrected chi connectivity index (χ4v) is 2.90. The van der Waals surface area contributed by atoms with Gasteiger partial charge in [-0.15, -0.1) is 11.8 Å². The van der Waals surface area contributed by atoms with Crippen LogP contribution in [0.1, 0.15) is 27.6 Å². The third-order valence-electron chi connectivity index (χ3n) is 2.78. The Morgan fingerprint density at radius 2 is 2.00 bits per heavy atom. The molecule has 1 saturated heterocycles. The number of aromatic carboxylic acids is 1. The Hall–Kier alpha value is -1.49. The first kappa shape index (κ1) is 12.0. The van der Waals surface area contributed by atoms with E-state index < -0.39 is 5.97 Å². The molecule has 2 rings (SSSR count). The molecule has 0 radical (unpaired) electrons.